The molecule has 0 saturated heterocycles. The standard InChI is InChI=1S/C39H56N4O4Si/c1-9-13-17-23-38(5,6)31-27-32(39(7,8)30-19-15-14-16-20-30)36(44)35(28-31)43-41-33-22-21-29(26-34(33)42-43)37(45)40-24-18-25-48(12-4,46-10-2)47-11-3/h14-16,19-22,26-28,44H,9-13,17-18,23-25H2,1-8H3,(H,40,45). The number of aromatic nitrogens is 3. The van der Waals surface area contributed by atoms with Gasteiger partial charge in [0.15, 0.2) is 0 Å². The molecule has 48 heavy (non-hydrogen) atoms. The summed E-state index contributed by atoms with van der Waals surface area (Å²) in [5.74, 6) is -0.00495. The van der Waals surface area contributed by atoms with Gasteiger partial charge >= 0.3 is 8.56 Å². The van der Waals surface area contributed by atoms with E-state index in [1.54, 1.807) is 12.1 Å². The van der Waals surface area contributed by atoms with Gasteiger partial charge in [0.1, 0.15) is 22.5 Å². The molecule has 4 rings (SSSR count). The van der Waals surface area contributed by atoms with E-state index in [0.29, 0.717) is 42.0 Å². The second-order valence-electron chi connectivity index (χ2n) is 13.9. The monoisotopic (exact) mass is 672 g/mol. The first kappa shape index (κ1) is 37.3. The van der Waals surface area contributed by atoms with Crippen LogP contribution in [-0.4, -0.2) is 54.3 Å². The number of unbranched alkanes of at least 4 members (excludes halogenated alkanes) is 2. The van der Waals surface area contributed by atoms with E-state index in [4.69, 9.17) is 19.0 Å². The van der Waals surface area contributed by atoms with Gasteiger partial charge in [-0.15, -0.1) is 15.0 Å². The molecular weight excluding hydrogens is 617 g/mol. The van der Waals surface area contributed by atoms with E-state index in [1.165, 1.54) is 11.2 Å². The maximum atomic E-state index is 13.2. The number of hydrogen-bond donors (Lipinski definition) is 2. The van der Waals surface area contributed by atoms with Gasteiger partial charge in [0.2, 0.25) is 0 Å². The van der Waals surface area contributed by atoms with Gasteiger partial charge < -0.3 is 19.3 Å². The van der Waals surface area contributed by atoms with Crippen molar-refractivity contribution in [2.24, 2.45) is 0 Å². The van der Waals surface area contributed by atoms with Crippen LogP contribution in [0.2, 0.25) is 12.1 Å². The molecule has 0 saturated carbocycles. The first-order valence-electron chi connectivity index (χ1n) is 17.8. The molecule has 0 aliphatic heterocycles. The number of nitrogens with zero attached hydrogens (tertiary/aromatic N) is 3. The Morgan fingerprint density at radius 3 is 2.19 bits per heavy atom. The minimum Gasteiger partial charge on any atom is -0.505 e. The number of phenols is 1. The van der Waals surface area contributed by atoms with Gasteiger partial charge in [-0.05, 0) is 79.6 Å². The average molecular weight is 673 g/mol. The summed E-state index contributed by atoms with van der Waals surface area (Å²) in [7, 11) is -2.24. The number of hydrogen-bond acceptors (Lipinski definition) is 6. The van der Waals surface area contributed by atoms with Gasteiger partial charge in [0, 0.05) is 36.3 Å². The third-order valence-corrected chi connectivity index (χ3v) is 13.5. The van der Waals surface area contributed by atoms with Gasteiger partial charge in [-0.25, -0.2) is 0 Å². The summed E-state index contributed by atoms with van der Waals surface area (Å²) in [4.78, 5) is 14.7. The minimum atomic E-state index is -2.24. The molecule has 260 valence electrons. The van der Waals surface area contributed by atoms with Crippen molar-refractivity contribution in [2.45, 2.75) is 110 Å². The second-order valence-corrected chi connectivity index (χ2v) is 17.5. The Hall–Kier alpha value is -3.53. The highest BCUT2D eigenvalue weighted by Gasteiger charge is 2.34. The lowest BCUT2D eigenvalue weighted by molar-refractivity contribution is 0.0952. The van der Waals surface area contributed by atoms with Gasteiger partial charge in [-0.3, -0.25) is 4.79 Å². The molecule has 0 aliphatic carbocycles. The summed E-state index contributed by atoms with van der Waals surface area (Å²) in [5.41, 5.74) is 4.76. The first-order chi connectivity index (χ1) is 22.9. The van der Waals surface area contributed by atoms with Crippen molar-refractivity contribution in [1.82, 2.24) is 20.3 Å². The fourth-order valence-corrected chi connectivity index (χ4v) is 9.43. The quantitative estimate of drug-likeness (QED) is 0.0809. The van der Waals surface area contributed by atoms with Gasteiger partial charge in [-0.1, -0.05) is 97.2 Å². The number of aromatic hydroxyl groups is 1. The van der Waals surface area contributed by atoms with Crippen LogP contribution in [0.4, 0.5) is 0 Å². The highest BCUT2D eigenvalue weighted by molar-refractivity contribution is 6.67. The second kappa shape index (κ2) is 16.2. The lowest BCUT2D eigenvalue weighted by atomic mass is 9.73. The van der Waals surface area contributed by atoms with Crippen LogP contribution in [-0.2, 0) is 19.7 Å². The van der Waals surface area contributed by atoms with Crippen LogP contribution < -0.4 is 5.32 Å². The lowest BCUT2D eigenvalue weighted by Gasteiger charge is -2.32. The van der Waals surface area contributed by atoms with Crippen LogP contribution in [0.1, 0.15) is 115 Å². The van der Waals surface area contributed by atoms with E-state index < -0.39 is 14.0 Å². The summed E-state index contributed by atoms with van der Waals surface area (Å²) in [6.45, 7) is 19.0. The molecule has 0 atom stereocenters. The largest absolute Gasteiger partial charge is 0.505 e. The Morgan fingerprint density at radius 2 is 1.54 bits per heavy atom. The van der Waals surface area contributed by atoms with E-state index in [-0.39, 0.29) is 17.1 Å². The Kier molecular flexibility index (Phi) is 12.6. The summed E-state index contributed by atoms with van der Waals surface area (Å²) in [6, 6.07) is 21.6. The Morgan fingerprint density at radius 1 is 0.854 bits per heavy atom. The molecule has 1 aromatic heterocycles. The molecule has 0 bridgehead atoms. The highest BCUT2D eigenvalue weighted by atomic mass is 28.4. The van der Waals surface area contributed by atoms with Crippen molar-refractivity contribution in [2.75, 3.05) is 19.8 Å². The van der Waals surface area contributed by atoms with E-state index in [1.807, 2.05) is 44.2 Å². The maximum Gasteiger partial charge on any atom is 0.337 e. The number of rotatable bonds is 18. The van der Waals surface area contributed by atoms with Crippen molar-refractivity contribution in [3.05, 3.63) is 82.9 Å². The van der Waals surface area contributed by atoms with Crippen LogP contribution >= 0.6 is 0 Å². The number of carbonyl (C=O) groups is 1. The fraction of sp³-hybridized carbons (Fsp3) is 0.513. The lowest BCUT2D eigenvalue weighted by Crippen LogP contribution is -2.42. The summed E-state index contributed by atoms with van der Waals surface area (Å²) >= 11 is 0. The zero-order valence-electron chi connectivity index (χ0n) is 30.4. The number of fused-ring (bicyclic) bond motifs is 1. The minimum absolute atomic E-state index is 0.123. The summed E-state index contributed by atoms with van der Waals surface area (Å²) in [6.07, 6.45) is 5.29. The van der Waals surface area contributed by atoms with Gasteiger partial charge in [0.25, 0.3) is 5.91 Å². The van der Waals surface area contributed by atoms with Gasteiger partial charge in [-0.2, -0.15) is 0 Å². The molecule has 0 aliphatic rings. The molecule has 9 heteroatoms. The van der Waals surface area contributed by atoms with E-state index >= 15 is 0 Å². The molecule has 3 aromatic carbocycles. The smallest absolute Gasteiger partial charge is 0.337 e. The molecule has 1 heterocycles. The highest BCUT2D eigenvalue weighted by Crippen LogP contribution is 2.43. The van der Waals surface area contributed by atoms with E-state index in [0.717, 1.165) is 54.5 Å². The Labute approximate surface area is 288 Å². The number of nitrogens with one attached hydrogen (secondary N) is 1. The normalized spacial score (nSPS) is 12.5. The van der Waals surface area contributed by atoms with Crippen LogP contribution in [0.3, 0.4) is 0 Å². The van der Waals surface area contributed by atoms with Crippen molar-refractivity contribution in [3.8, 4) is 11.4 Å². The van der Waals surface area contributed by atoms with Crippen LogP contribution in [0.25, 0.3) is 16.7 Å². The topological polar surface area (TPSA) is 98.5 Å². The molecule has 0 unspecified atom stereocenters. The molecule has 2 N–H and O–H groups in total. The summed E-state index contributed by atoms with van der Waals surface area (Å²) < 4.78 is 12.1. The van der Waals surface area contributed by atoms with Crippen LogP contribution in [0.5, 0.6) is 5.75 Å². The number of amides is 1. The van der Waals surface area contributed by atoms with Crippen molar-refractivity contribution in [3.63, 3.8) is 0 Å². The summed E-state index contributed by atoms with van der Waals surface area (Å²) in [5, 5.41) is 24.5. The third kappa shape index (κ3) is 8.54. The maximum absolute atomic E-state index is 13.2. The van der Waals surface area contributed by atoms with Gasteiger partial charge in [0.05, 0.1) is 0 Å². The third-order valence-electron chi connectivity index (χ3n) is 9.68. The van der Waals surface area contributed by atoms with E-state index in [9.17, 15) is 9.90 Å². The van der Waals surface area contributed by atoms with Crippen molar-refractivity contribution in [1.29, 1.82) is 0 Å². The zero-order chi connectivity index (χ0) is 35.0. The SMILES string of the molecule is CCCCCC(C)(C)c1cc(-n2nc3ccc(C(=O)NCCC[Si](CC)(OCC)OCC)cc3n2)c(O)c(C(C)(C)c2ccccc2)c1. The molecular formula is C39H56N4O4Si. The Bertz CT molecular complexity index is 1640. The van der Waals surface area contributed by atoms with Crippen LogP contribution in [0.15, 0.2) is 60.7 Å². The predicted molar refractivity (Wildman–Crippen MR) is 198 cm³/mol. The molecule has 0 spiro atoms. The van der Waals surface area contributed by atoms with Crippen molar-refractivity contribution >= 4 is 25.5 Å². The number of benzene rings is 3. The first-order valence-corrected chi connectivity index (χ1v) is 20.0. The molecule has 0 radical (unpaired) electrons. The number of carbonyl (C=O) groups excluding carboxylic acids is 1. The Balaban J connectivity index is 1.64. The van der Waals surface area contributed by atoms with Crippen molar-refractivity contribution < 1.29 is 18.8 Å². The molecule has 0 fully saturated rings. The van der Waals surface area contributed by atoms with E-state index in [2.05, 4.69) is 65.1 Å². The zero-order valence-corrected chi connectivity index (χ0v) is 31.4. The predicted octanol–water partition coefficient (Wildman–Crippen LogP) is 8.96. The van der Waals surface area contributed by atoms with Crippen LogP contribution in [0, 0.1) is 0 Å². The molecule has 8 nitrogen and oxygen atoms in total. The molecule has 1 amide bonds. The molecule has 4 aromatic rings. The fourth-order valence-electron chi connectivity index (χ4n) is 6.53. The average Bonchev–Trinajstić information content (AvgIpc) is 3.50. The number of phenolic OH excluding ortho intramolecular Hbond substituents is 1.